The number of hydrogen-bond acceptors (Lipinski definition) is 3. The number of nitrogens with zero attached hydrogens (tertiary/aromatic N) is 1. The van der Waals surface area contributed by atoms with Crippen LogP contribution in [0.3, 0.4) is 0 Å². The van der Waals surface area contributed by atoms with Crippen LogP contribution in [-0.4, -0.2) is 36.5 Å². The summed E-state index contributed by atoms with van der Waals surface area (Å²) in [5.41, 5.74) is 7.36. The number of hydrogen-bond donors (Lipinski definition) is 2. The number of carbonyl (C=O) groups is 1. The van der Waals surface area contributed by atoms with E-state index < -0.39 is 0 Å². The number of nitrogens with one attached hydrogen (secondary N) is 1. The van der Waals surface area contributed by atoms with E-state index in [0.29, 0.717) is 12.0 Å². The number of benzene rings is 1. The fraction of sp³-hybridized carbons (Fsp3) is 0.438. The van der Waals surface area contributed by atoms with Gasteiger partial charge in [0.05, 0.1) is 0 Å². The largest absolute Gasteiger partial charge is 0.399 e. The van der Waals surface area contributed by atoms with Crippen LogP contribution < -0.4 is 11.1 Å². The molecule has 4 nitrogen and oxygen atoms in total. The Morgan fingerprint density at radius 1 is 1.25 bits per heavy atom. The first-order valence-corrected chi connectivity index (χ1v) is 7.27. The molecule has 3 aliphatic rings. The lowest BCUT2D eigenvalue weighted by atomic mass is 9.84. The first kappa shape index (κ1) is 13.2. The second kappa shape index (κ2) is 5.67. The van der Waals surface area contributed by atoms with Crippen LogP contribution in [0.1, 0.15) is 18.4 Å². The molecule has 3 fully saturated rings. The fourth-order valence-corrected chi connectivity index (χ4v) is 3.14. The number of nitrogen functional groups attached to an aromatic ring is 1. The maximum atomic E-state index is 12.0. The number of nitrogens with two attached hydrogens (primary N) is 1. The third-order valence-corrected chi connectivity index (χ3v) is 4.35. The van der Waals surface area contributed by atoms with Gasteiger partial charge in [0.1, 0.15) is 0 Å². The van der Waals surface area contributed by atoms with E-state index in [1.54, 1.807) is 6.08 Å². The van der Waals surface area contributed by atoms with Crippen molar-refractivity contribution < 1.29 is 4.79 Å². The number of fused-ring (bicyclic) bond motifs is 3. The molecule has 3 heterocycles. The zero-order valence-electron chi connectivity index (χ0n) is 11.6. The standard InChI is InChI=1S/C16H21N3O/c17-14-4-1-12(2-5-14)3-6-16(20)18-15-11-19-9-7-13(15)8-10-19/h1-6,13,15H,7-11,17H2,(H,18,20). The van der Waals surface area contributed by atoms with Gasteiger partial charge in [0.25, 0.3) is 0 Å². The van der Waals surface area contributed by atoms with Gasteiger partial charge in [-0.2, -0.15) is 0 Å². The van der Waals surface area contributed by atoms with Crippen LogP contribution in [0.15, 0.2) is 30.3 Å². The summed E-state index contributed by atoms with van der Waals surface area (Å²) in [6.45, 7) is 3.39. The fourth-order valence-electron chi connectivity index (χ4n) is 3.14. The molecule has 0 aliphatic carbocycles. The minimum atomic E-state index is 0.000532. The van der Waals surface area contributed by atoms with Crippen molar-refractivity contribution in [3.05, 3.63) is 35.9 Å². The lowest BCUT2D eigenvalue weighted by molar-refractivity contribution is -0.118. The number of piperidine rings is 3. The summed E-state index contributed by atoms with van der Waals surface area (Å²) in [5, 5.41) is 3.14. The summed E-state index contributed by atoms with van der Waals surface area (Å²) < 4.78 is 0. The first-order chi connectivity index (χ1) is 9.70. The van der Waals surface area contributed by atoms with Gasteiger partial charge in [-0.1, -0.05) is 12.1 Å². The number of rotatable bonds is 3. The van der Waals surface area contributed by atoms with Crippen LogP contribution in [0.2, 0.25) is 0 Å². The van der Waals surface area contributed by atoms with Crippen molar-refractivity contribution in [1.29, 1.82) is 0 Å². The molecular formula is C16H21N3O. The van der Waals surface area contributed by atoms with Crippen molar-refractivity contribution in [2.45, 2.75) is 18.9 Å². The molecule has 0 spiro atoms. The Hall–Kier alpha value is -1.81. The Morgan fingerprint density at radius 2 is 1.95 bits per heavy atom. The van der Waals surface area contributed by atoms with E-state index in [1.165, 1.54) is 25.9 Å². The van der Waals surface area contributed by atoms with Crippen molar-refractivity contribution in [3.63, 3.8) is 0 Å². The van der Waals surface area contributed by atoms with Gasteiger partial charge in [0.2, 0.25) is 5.91 Å². The van der Waals surface area contributed by atoms with Crippen molar-refractivity contribution in [1.82, 2.24) is 10.2 Å². The molecule has 2 bridgehead atoms. The number of anilines is 1. The van der Waals surface area contributed by atoms with Gasteiger partial charge >= 0.3 is 0 Å². The first-order valence-electron chi connectivity index (χ1n) is 7.27. The average Bonchev–Trinajstić information content (AvgIpc) is 2.48. The molecule has 20 heavy (non-hydrogen) atoms. The summed E-state index contributed by atoms with van der Waals surface area (Å²) in [4.78, 5) is 14.4. The highest BCUT2D eigenvalue weighted by Crippen LogP contribution is 2.27. The predicted octanol–water partition coefficient (Wildman–Crippen LogP) is 1.49. The molecule has 1 unspecified atom stereocenters. The molecule has 3 N–H and O–H groups in total. The van der Waals surface area contributed by atoms with Gasteiger partial charge in [0.15, 0.2) is 0 Å². The van der Waals surface area contributed by atoms with Crippen LogP contribution in [-0.2, 0) is 4.79 Å². The average molecular weight is 271 g/mol. The minimum Gasteiger partial charge on any atom is -0.399 e. The Labute approximate surface area is 119 Å². The van der Waals surface area contributed by atoms with Crippen molar-refractivity contribution in [2.75, 3.05) is 25.4 Å². The van der Waals surface area contributed by atoms with Gasteiger partial charge in [-0.3, -0.25) is 4.79 Å². The van der Waals surface area contributed by atoms with E-state index in [2.05, 4.69) is 10.2 Å². The minimum absolute atomic E-state index is 0.000532. The van der Waals surface area contributed by atoms with E-state index in [1.807, 2.05) is 30.3 Å². The zero-order chi connectivity index (χ0) is 13.9. The molecule has 1 amide bonds. The third-order valence-electron chi connectivity index (χ3n) is 4.35. The topological polar surface area (TPSA) is 58.4 Å². The molecule has 3 aliphatic heterocycles. The van der Waals surface area contributed by atoms with Crippen LogP contribution in [0.25, 0.3) is 6.08 Å². The van der Waals surface area contributed by atoms with Gasteiger partial charge < -0.3 is 16.0 Å². The monoisotopic (exact) mass is 271 g/mol. The van der Waals surface area contributed by atoms with E-state index in [-0.39, 0.29) is 5.91 Å². The summed E-state index contributed by atoms with van der Waals surface area (Å²) in [5.74, 6) is 0.662. The SMILES string of the molecule is Nc1ccc(C=CC(=O)NC2CN3CCC2CC3)cc1. The number of carbonyl (C=O) groups excluding carboxylic acids is 1. The summed E-state index contributed by atoms with van der Waals surface area (Å²) in [6, 6.07) is 7.82. The Bertz CT molecular complexity index is 501. The highest BCUT2D eigenvalue weighted by Gasteiger charge is 2.34. The molecule has 4 heteroatoms. The summed E-state index contributed by atoms with van der Waals surface area (Å²) in [7, 11) is 0. The molecule has 0 radical (unpaired) electrons. The molecule has 1 aromatic carbocycles. The summed E-state index contributed by atoms with van der Waals surface area (Å²) in [6.07, 6.45) is 5.87. The molecule has 106 valence electrons. The second-order valence-electron chi connectivity index (χ2n) is 5.75. The molecule has 3 saturated heterocycles. The zero-order valence-corrected chi connectivity index (χ0v) is 11.6. The van der Waals surface area contributed by atoms with Crippen molar-refractivity contribution >= 4 is 17.7 Å². The van der Waals surface area contributed by atoms with Gasteiger partial charge in [-0.25, -0.2) is 0 Å². The van der Waals surface area contributed by atoms with Crippen LogP contribution in [0.5, 0.6) is 0 Å². The Morgan fingerprint density at radius 3 is 2.55 bits per heavy atom. The molecular weight excluding hydrogens is 250 g/mol. The lowest BCUT2D eigenvalue weighted by Gasteiger charge is -2.44. The van der Waals surface area contributed by atoms with E-state index in [4.69, 9.17) is 5.73 Å². The molecule has 0 saturated carbocycles. The molecule has 1 atom stereocenters. The lowest BCUT2D eigenvalue weighted by Crippen LogP contribution is -2.57. The van der Waals surface area contributed by atoms with Gasteiger partial charge in [0, 0.05) is 24.4 Å². The van der Waals surface area contributed by atoms with Crippen LogP contribution >= 0.6 is 0 Å². The smallest absolute Gasteiger partial charge is 0.244 e. The highest BCUT2D eigenvalue weighted by molar-refractivity contribution is 5.92. The van der Waals surface area contributed by atoms with E-state index in [9.17, 15) is 4.79 Å². The van der Waals surface area contributed by atoms with Gasteiger partial charge in [-0.15, -0.1) is 0 Å². The molecule has 1 aromatic rings. The van der Waals surface area contributed by atoms with Crippen molar-refractivity contribution in [2.24, 2.45) is 5.92 Å². The maximum Gasteiger partial charge on any atom is 0.244 e. The Balaban J connectivity index is 1.55. The molecule has 4 rings (SSSR count). The third kappa shape index (κ3) is 3.02. The number of amides is 1. The predicted molar refractivity (Wildman–Crippen MR) is 81.0 cm³/mol. The Kier molecular flexibility index (Phi) is 3.74. The highest BCUT2D eigenvalue weighted by atomic mass is 16.1. The second-order valence-corrected chi connectivity index (χ2v) is 5.75. The summed E-state index contributed by atoms with van der Waals surface area (Å²) >= 11 is 0. The normalized spacial score (nSPS) is 28.7. The van der Waals surface area contributed by atoms with Gasteiger partial charge in [-0.05, 0) is 55.6 Å². The van der Waals surface area contributed by atoms with Crippen LogP contribution in [0.4, 0.5) is 5.69 Å². The molecule has 0 aromatic heterocycles. The van der Waals surface area contributed by atoms with Crippen LogP contribution in [0, 0.1) is 5.92 Å². The van der Waals surface area contributed by atoms with E-state index in [0.717, 1.165) is 17.8 Å². The maximum absolute atomic E-state index is 12.0. The quantitative estimate of drug-likeness (QED) is 0.647. The van der Waals surface area contributed by atoms with E-state index >= 15 is 0 Å². The van der Waals surface area contributed by atoms with Crippen molar-refractivity contribution in [3.8, 4) is 0 Å².